The number of carboxylic acid groups (broad SMARTS) is 1. The molecule has 3 aromatic rings. The maximum absolute atomic E-state index is 11.4. The SMILES string of the molecule is COc1cc2c(cc(C(=O)O)n2Cc2ccc(Cl)c(Cl)c2)o1. The quantitative estimate of drug-likeness (QED) is 0.769. The van der Waals surface area contributed by atoms with E-state index in [1.54, 1.807) is 28.8 Å². The summed E-state index contributed by atoms with van der Waals surface area (Å²) in [5, 5.41) is 10.2. The summed E-state index contributed by atoms with van der Waals surface area (Å²) >= 11 is 11.9. The molecule has 114 valence electrons. The van der Waals surface area contributed by atoms with Crippen molar-refractivity contribution in [2.45, 2.75) is 6.54 Å². The Kier molecular flexibility index (Phi) is 3.76. The molecular weight excluding hydrogens is 329 g/mol. The molecule has 0 atom stereocenters. The van der Waals surface area contributed by atoms with E-state index in [-0.39, 0.29) is 5.69 Å². The summed E-state index contributed by atoms with van der Waals surface area (Å²) < 4.78 is 12.1. The van der Waals surface area contributed by atoms with E-state index in [0.29, 0.717) is 33.6 Å². The van der Waals surface area contributed by atoms with Crippen molar-refractivity contribution >= 4 is 40.3 Å². The van der Waals surface area contributed by atoms with Gasteiger partial charge in [0.1, 0.15) is 5.69 Å². The third kappa shape index (κ3) is 2.53. The Morgan fingerprint density at radius 3 is 2.68 bits per heavy atom. The second-order valence-corrected chi connectivity index (χ2v) is 5.50. The maximum atomic E-state index is 11.4. The lowest BCUT2D eigenvalue weighted by molar-refractivity contribution is 0.0686. The van der Waals surface area contributed by atoms with Crippen LogP contribution in [0.25, 0.3) is 11.1 Å². The molecule has 5 nitrogen and oxygen atoms in total. The number of carbonyl (C=O) groups is 1. The van der Waals surface area contributed by atoms with Crippen LogP contribution in [-0.4, -0.2) is 22.8 Å². The molecule has 0 fully saturated rings. The van der Waals surface area contributed by atoms with Crippen LogP contribution in [0.15, 0.2) is 34.7 Å². The third-order valence-corrected chi connectivity index (χ3v) is 4.05. The number of aromatic nitrogens is 1. The predicted molar refractivity (Wildman–Crippen MR) is 83.3 cm³/mol. The highest BCUT2D eigenvalue weighted by molar-refractivity contribution is 6.42. The first-order chi connectivity index (χ1) is 10.5. The largest absolute Gasteiger partial charge is 0.477 e. The van der Waals surface area contributed by atoms with Gasteiger partial charge in [-0.2, -0.15) is 0 Å². The van der Waals surface area contributed by atoms with Crippen LogP contribution in [0.2, 0.25) is 10.0 Å². The Morgan fingerprint density at radius 2 is 2.05 bits per heavy atom. The molecule has 7 heteroatoms. The minimum absolute atomic E-state index is 0.127. The number of rotatable bonds is 4. The number of fused-ring (bicyclic) bond motifs is 1. The highest BCUT2D eigenvalue weighted by Crippen LogP contribution is 2.30. The number of carboxylic acids is 1. The van der Waals surface area contributed by atoms with Gasteiger partial charge in [-0.05, 0) is 17.7 Å². The van der Waals surface area contributed by atoms with E-state index in [1.165, 1.54) is 13.2 Å². The van der Waals surface area contributed by atoms with Gasteiger partial charge < -0.3 is 18.8 Å². The monoisotopic (exact) mass is 339 g/mol. The summed E-state index contributed by atoms with van der Waals surface area (Å²) in [6.07, 6.45) is 0. The van der Waals surface area contributed by atoms with Gasteiger partial charge in [0.05, 0.1) is 22.7 Å². The van der Waals surface area contributed by atoms with Crippen LogP contribution in [0, 0.1) is 0 Å². The average Bonchev–Trinajstić information content (AvgIpc) is 3.01. The van der Waals surface area contributed by atoms with Crippen LogP contribution < -0.4 is 4.74 Å². The van der Waals surface area contributed by atoms with E-state index >= 15 is 0 Å². The van der Waals surface area contributed by atoms with Gasteiger partial charge in [0.25, 0.3) is 5.95 Å². The number of furan rings is 1. The van der Waals surface area contributed by atoms with E-state index in [2.05, 4.69) is 0 Å². The van der Waals surface area contributed by atoms with Crippen molar-refractivity contribution in [2.24, 2.45) is 0 Å². The van der Waals surface area contributed by atoms with E-state index in [4.69, 9.17) is 32.4 Å². The summed E-state index contributed by atoms with van der Waals surface area (Å²) in [5.74, 6) is -0.713. The lowest BCUT2D eigenvalue weighted by Crippen LogP contribution is -2.09. The first-order valence-corrected chi connectivity index (χ1v) is 7.09. The molecule has 0 radical (unpaired) electrons. The second kappa shape index (κ2) is 5.59. The van der Waals surface area contributed by atoms with Crippen LogP contribution in [0.1, 0.15) is 16.1 Å². The van der Waals surface area contributed by atoms with Gasteiger partial charge in [0.2, 0.25) is 0 Å². The van der Waals surface area contributed by atoms with Crippen LogP contribution in [0.5, 0.6) is 5.95 Å². The zero-order chi connectivity index (χ0) is 15.9. The number of nitrogens with zero attached hydrogens (tertiary/aromatic N) is 1. The number of methoxy groups -OCH3 is 1. The van der Waals surface area contributed by atoms with E-state index in [1.807, 2.05) is 0 Å². The lowest BCUT2D eigenvalue weighted by atomic mass is 10.2. The maximum Gasteiger partial charge on any atom is 0.352 e. The fourth-order valence-corrected chi connectivity index (χ4v) is 2.61. The molecule has 1 aromatic carbocycles. The Bertz CT molecular complexity index is 866. The van der Waals surface area contributed by atoms with E-state index < -0.39 is 5.97 Å². The Labute approximate surface area is 135 Å². The third-order valence-electron chi connectivity index (χ3n) is 3.31. The molecule has 0 aliphatic carbocycles. The Balaban J connectivity index is 2.10. The number of hydrogen-bond donors (Lipinski definition) is 1. The number of ether oxygens (including phenoxy) is 1. The standard InChI is InChI=1S/C15H11Cl2NO4/c1-21-14-6-11-13(22-14)5-12(15(19)20)18(11)7-8-2-3-9(16)10(17)4-8/h2-6H,7H2,1H3,(H,19,20). The molecule has 2 aromatic heterocycles. The summed E-state index contributed by atoms with van der Waals surface area (Å²) in [6.45, 7) is 0.324. The second-order valence-electron chi connectivity index (χ2n) is 4.69. The van der Waals surface area contributed by atoms with Gasteiger partial charge >= 0.3 is 5.97 Å². The number of aromatic carboxylic acids is 1. The molecule has 0 amide bonds. The summed E-state index contributed by atoms with van der Waals surface area (Å²) in [5.41, 5.74) is 2.05. The highest BCUT2D eigenvalue weighted by Gasteiger charge is 2.19. The summed E-state index contributed by atoms with van der Waals surface area (Å²) in [4.78, 5) is 11.4. The van der Waals surface area contributed by atoms with Crippen LogP contribution in [-0.2, 0) is 6.54 Å². The van der Waals surface area contributed by atoms with Gasteiger partial charge in [-0.1, -0.05) is 29.3 Å². The van der Waals surface area contributed by atoms with Crippen molar-refractivity contribution in [1.82, 2.24) is 4.57 Å². The average molecular weight is 340 g/mol. The van der Waals surface area contributed by atoms with Crippen LogP contribution >= 0.6 is 23.2 Å². The van der Waals surface area contributed by atoms with E-state index in [9.17, 15) is 9.90 Å². The van der Waals surface area contributed by atoms with Crippen molar-refractivity contribution in [2.75, 3.05) is 7.11 Å². The van der Waals surface area contributed by atoms with Gasteiger partial charge in [0, 0.05) is 18.7 Å². The normalized spacial score (nSPS) is 11.0. The number of hydrogen-bond acceptors (Lipinski definition) is 3. The Morgan fingerprint density at radius 1 is 1.27 bits per heavy atom. The van der Waals surface area contributed by atoms with E-state index in [0.717, 1.165) is 5.56 Å². The summed E-state index contributed by atoms with van der Waals surface area (Å²) in [6, 6.07) is 8.30. The number of halogens is 2. The van der Waals surface area contributed by atoms with Gasteiger partial charge in [0.15, 0.2) is 5.58 Å². The van der Waals surface area contributed by atoms with Crippen molar-refractivity contribution in [1.29, 1.82) is 0 Å². The minimum atomic E-state index is -1.04. The zero-order valence-corrected chi connectivity index (χ0v) is 13.0. The molecule has 0 unspecified atom stereocenters. The molecular formula is C15H11Cl2NO4. The molecule has 0 saturated heterocycles. The first kappa shape index (κ1) is 14.8. The minimum Gasteiger partial charge on any atom is -0.477 e. The highest BCUT2D eigenvalue weighted by atomic mass is 35.5. The molecule has 0 spiro atoms. The molecule has 3 rings (SSSR count). The van der Waals surface area contributed by atoms with Crippen molar-refractivity contribution in [3.05, 3.63) is 51.6 Å². The molecule has 1 N–H and O–H groups in total. The molecule has 2 heterocycles. The van der Waals surface area contributed by atoms with Gasteiger partial charge in [-0.3, -0.25) is 0 Å². The van der Waals surface area contributed by atoms with Crippen LogP contribution in [0.3, 0.4) is 0 Å². The van der Waals surface area contributed by atoms with Crippen molar-refractivity contribution in [3.8, 4) is 5.95 Å². The summed E-state index contributed by atoms with van der Waals surface area (Å²) in [7, 11) is 1.49. The Hall–Kier alpha value is -2.11. The fraction of sp³-hybridized carbons (Fsp3) is 0.133. The van der Waals surface area contributed by atoms with Crippen molar-refractivity contribution in [3.63, 3.8) is 0 Å². The van der Waals surface area contributed by atoms with Crippen LogP contribution in [0.4, 0.5) is 0 Å². The van der Waals surface area contributed by atoms with Crippen molar-refractivity contribution < 1.29 is 19.1 Å². The first-order valence-electron chi connectivity index (χ1n) is 6.34. The topological polar surface area (TPSA) is 64.6 Å². The fourth-order valence-electron chi connectivity index (χ4n) is 2.29. The molecule has 0 saturated carbocycles. The smallest absolute Gasteiger partial charge is 0.352 e. The molecule has 0 aliphatic rings. The lowest BCUT2D eigenvalue weighted by Gasteiger charge is -2.08. The molecule has 0 aliphatic heterocycles. The molecule has 0 bridgehead atoms. The predicted octanol–water partition coefficient (Wildman–Crippen LogP) is 4.30. The van der Waals surface area contributed by atoms with Gasteiger partial charge in [-0.15, -0.1) is 0 Å². The van der Waals surface area contributed by atoms with Gasteiger partial charge in [-0.25, -0.2) is 4.79 Å². The number of benzene rings is 1. The molecule has 22 heavy (non-hydrogen) atoms. The zero-order valence-electron chi connectivity index (χ0n) is 11.5.